The van der Waals surface area contributed by atoms with Gasteiger partial charge in [-0.1, -0.05) is 0 Å². The molecule has 1 amide bonds. The standard InChI is InChI=1S/C21H26FN7O4/c1-11-6-16-24-12(9-31-3)8-29(16)19(23-11)25-15-7-13(27-28-15)18-17(22)14(10-32-18)33-20(30)26-21(2)4-5-21/h6-8,14,17-18H,4-5,9-10H2,1-3H3,(H,26,30)(H2,23,25,27,28)/t14-,17+,18-/m0/s1. The van der Waals surface area contributed by atoms with Gasteiger partial charge in [-0.3, -0.25) is 9.50 Å². The first kappa shape index (κ1) is 21.6. The lowest BCUT2D eigenvalue weighted by atomic mass is 10.1. The molecule has 3 N–H and O–H groups in total. The number of carbonyl (C=O) groups excluding carboxylic acids is 1. The fourth-order valence-corrected chi connectivity index (χ4v) is 3.79. The van der Waals surface area contributed by atoms with Crippen LogP contribution in [0.1, 0.15) is 43.0 Å². The van der Waals surface area contributed by atoms with Gasteiger partial charge in [0, 0.05) is 36.7 Å². The molecule has 12 heteroatoms. The van der Waals surface area contributed by atoms with Gasteiger partial charge in [0.2, 0.25) is 5.95 Å². The number of carbonyl (C=O) groups is 1. The Bertz CT molecular complexity index is 1170. The fraction of sp³-hybridized carbons (Fsp3) is 0.524. The SMILES string of the molecule is COCc1cn2c(Nc3cc([C@@H]4OC[C@H](OC(=O)NC5(C)CC5)[C@H]4F)[nH]n3)nc(C)cc2n1. The molecule has 2 aliphatic rings. The Kier molecular flexibility index (Phi) is 5.41. The van der Waals surface area contributed by atoms with E-state index in [4.69, 9.17) is 14.2 Å². The van der Waals surface area contributed by atoms with Crippen LogP contribution in [0.15, 0.2) is 18.3 Å². The molecule has 11 nitrogen and oxygen atoms in total. The van der Waals surface area contributed by atoms with Gasteiger partial charge in [-0.05, 0) is 26.7 Å². The lowest BCUT2D eigenvalue weighted by Crippen LogP contribution is -2.39. The second kappa shape index (κ2) is 8.27. The molecule has 0 unspecified atom stereocenters. The highest BCUT2D eigenvalue weighted by molar-refractivity contribution is 5.69. The van der Waals surface area contributed by atoms with Crippen LogP contribution in [0.25, 0.3) is 5.65 Å². The molecule has 3 atom stereocenters. The number of aryl methyl sites for hydroxylation is 1. The molecule has 0 bridgehead atoms. The quantitative estimate of drug-likeness (QED) is 0.492. The predicted molar refractivity (Wildman–Crippen MR) is 115 cm³/mol. The minimum absolute atomic E-state index is 0.0326. The monoisotopic (exact) mass is 459 g/mol. The van der Waals surface area contributed by atoms with Crippen LogP contribution in [-0.2, 0) is 20.8 Å². The third kappa shape index (κ3) is 4.48. The van der Waals surface area contributed by atoms with E-state index in [-0.39, 0.29) is 12.1 Å². The molecule has 0 spiro atoms. The number of halogens is 1. The average molecular weight is 459 g/mol. The van der Waals surface area contributed by atoms with E-state index in [0.717, 1.165) is 24.2 Å². The van der Waals surface area contributed by atoms with Crippen molar-refractivity contribution in [1.29, 1.82) is 0 Å². The summed E-state index contributed by atoms with van der Waals surface area (Å²) >= 11 is 0. The lowest BCUT2D eigenvalue weighted by molar-refractivity contribution is 0.0604. The molecule has 1 aliphatic carbocycles. The molecule has 1 aliphatic heterocycles. The summed E-state index contributed by atoms with van der Waals surface area (Å²) in [6.07, 6.45) is -0.442. The number of nitrogens with zero attached hydrogens (tertiary/aromatic N) is 4. The third-order valence-electron chi connectivity index (χ3n) is 5.81. The minimum Gasteiger partial charge on any atom is -0.441 e. The van der Waals surface area contributed by atoms with Crippen LogP contribution in [0.5, 0.6) is 0 Å². The van der Waals surface area contributed by atoms with E-state index in [1.807, 2.05) is 26.1 Å². The first-order chi connectivity index (χ1) is 15.8. The van der Waals surface area contributed by atoms with Crippen molar-refractivity contribution >= 4 is 23.5 Å². The number of hydrogen-bond acceptors (Lipinski definition) is 8. The van der Waals surface area contributed by atoms with E-state index < -0.39 is 24.5 Å². The number of aromatic amines is 1. The van der Waals surface area contributed by atoms with Crippen molar-refractivity contribution in [3.05, 3.63) is 35.4 Å². The minimum atomic E-state index is -1.52. The molecule has 3 aromatic rings. The summed E-state index contributed by atoms with van der Waals surface area (Å²) in [5.74, 6) is 0.944. The molecular formula is C21H26FN7O4. The smallest absolute Gasteiger partial charge is 0.408 e. The van der Waals surface area contributed by atoms with Gasteiger partial charge in [0.25, 0.3) is 0 Å². The van der Waals surface area contributed by atoms with Crippen LogP contribution in [0.2, 0.25) is 0 Å². The summed E-state index contributed by atoms with van der Waals surface area (Å²) in [6, 6.07) is 3.51. The van der Waals surface area contributed by atoms with Gasteiger partial charge < -0.3 is 24.8 Å². The summed E-state index contributed by atoms with van der Waals surface area (Å²) in [5, 5.41) is 12.9. The zero-order chi connectivity index (χ0) is 23.2. The molecule has 176 valence electrons. The highest BCUT2D eigenvalue weighted by Gasteiger charge is 2.44. The summed E-state index contributed by atoms with van der Waals surface area (Å²) in [5.41, 5.74) is 2.45. The second-order valence-corrected chi connectivity index (χ2v) is 8.78. The molecule has 1 saturated carbocycles. The van der Waals surface area contributed by atoms with Crippen molar-refractivity contribution in [1.82, 2.24) is 29.9 Å². The average Bonchev–Trinajstić information content (AvgIpc) is 3.11. The van der Waals surface area contributed by atoms with Gasteiger partial charge in [-0.15, -0.1) is 0 Å². The highest BCUT2D eigenvalue weighted by atomic mass is 19.1. The predicted octanol–water partition coefficient (Wildman–Crippen LogP) is 2.71. The van der Waals surface area contributed by atoms with Crippen molar-refractivity contribution in [2.45, 2.75) is 57.2 Å². The van der Waals surface area contributed by atoms with Crippen LogP contribution >= 0.6 is 0 Å². The van der Waals surface area contributed by atoms with E-state index in [9.17, 15) is 9.18 Å². The topological polar surface area (TPSA) is 128 Å². The number of hydrogen-bond donors (Lipinski definition) is 3. The summed E-state index contributed by atoms with van der Waals surface area (Å²) in [4.78, 5) is 21.1. The van der Waals surface area contributed by atoms with Crippen LogP contribution in [0.4, 0.5) is 21.0 Å². The number of ether oxygens (including phenoxy) is 3. The summed E-state index contributed by atoms with van der Waals surface area (Å²) < 4.78 is 32.8. The Hall–Kier alpha value is -3.25. The number of methoxy groups -OCH3 is 1. The molecule has 3 aromatic heterocycles. The highest BCUT2D eigenvalue weighted by Crippen LogP contribution is 2.36. The van der Waals surface area contributed by atoms with Gasteiger partial charge >= 0.3 is 6.09 Å². The Balaban J connectivity index is 1.27. The van der Waals surface area contributed by atoms with Crippen molar-refractivity contribution in [2.75, 3.05) is 19.0 Å². The number of amides is 1. The fourth-order valence-electron chi connectivity index (χ4n) is 3.79. The zero-order valence-corrected chi connectivity index (χ0v) is 18.6. The number of H-pyrrole nitrogens is 1. The first-order valence-electron chi connectivity index (χ1n) is 10.7. The number of alkyl halides is 1. The maximum Gasteiger partial charge on any atom is 0.408 e. The second-order valence-electron chi connectivity index (χ2n) is 8.78. The lowest BCUT2D eigenvalue weighted by Gasteiger charge is -2.17. The third-order valence-corrected chi connectivity index (χ3v) is 5.81. The van der Waals surface area contributed by atoms with E-state index in [0.29, 0.717) is 29.7 Å². The van der Waals surface area contributed by atoms with Gasteiger partial charge in [-0.25, -0.2) is 19.2 Å². The molecule has 33 heavy (non-hydrogen) atoms. The molecule has 5 rings (SSSR count). The molecule has 2 fully saturated rings. The Morgan fingerprint density at radius 3 is 2.97 bits per heavy atom. The Morgan fingerprint density at radius 1 is 1.39 bits per heavy atom. The largest absolute Gasteiger partial charge is 0.441 e. The van der Waals surface area contributed by atoms with Gasteiger partial charge in [0.15, 0.2) is 18.1 Å². The molecule has 1 saturated heterocycles. The van der Waals surface area contributed by atoms with Crippen molar-refractivity contribution < 1.29 is 23.4 Å². The molecular weight excluding hydrogens is 433 g/mol. The number of rotatable bonds is 7. The van der Waals surface area contributed by atoms with Crippen molar-refractivity contribution in [3.63, 3.8) is 0 Å². The van der Waals surface area contributed by atoms with Crippen LogP contribution in [-0.4, -0.2) is 62.2 Å². The van der Waals surface area contributed by atoms with Crippen molar-refractivity contribution in [2.24, 2.45) is 0 Å². The zero-order valence-electron chi connectivity index (χ0n) is 18.6. The molecule has 0 radical (unpaired) electrons. The number of imidazole rings is 1. The van der Waals surface area contributed by atoms with Crippen molar-refractivity contribution in [3.8, 4) is 0 Å². The van der Waals surface area contributed by atoms with Crippen LogP contribution in [0, 0.1) is 6.92 Å². The van der Waals surface area contributed by atoms with Gasteiger partial charge in [0.1, 0.15) is 11.8 Å². The maximum atomic E-state index is 15.0. The number of anilines is 2. The van der Waals surface area contributed by atoms with E-state index in [2.05, 4.69) is 30.8 Å². The maximum absolute atomic E-state index is 15.0. The Labute approximate surface area is 189 Å². The van der Waals surface area contributed by atoms with E-state index in [1.54, 1.807) is 17.6 Å². The van der Waals surface area contributed by atoms with Crippen LogP contribution in [0.3, 0.4) is 0 Å². The van der Waals surface area contributed by atoms with Crippen LogP contribution < -0.4 is 10.6 Å². The van der Waals surface area contributed by atoms with E-state index >= 15 is 0 Å². The molecule has 0 aromatic carbocycles. The van der Waals surface area contributed by atoms with E-state index in [1.165, 1.54) is 0 Å². The number of nitrogens with one attached hydrogen (secondary N) is 3. The number of aromatic nitrogens is 5. The summed E-state index contributed by atoms with van der Waals surface area (Å²) in [6.45, 7) is 4.14. The summed E-state index contributed by atoms with van der Waals surface area (Å²) in [7, 11) is 1.61. The van der Waals surface area contributed by atoms with Gasteiger partial charge in [0.05, 0.1) is 24.6 Å². The number of alkyl carbamates (subject to hydrolysis) is 1. The molecule has 4 heterocycles. The normalized spacial score (nSPS) is 23.6. The Morgan fingerprint density at radius 2 is 2.21 bits per heavy atom. The first-order valence-corrected chi connectivity index (χ1v) is 10.7. The number of fused-ring (bicyclic) bond motifs is 1. The van der Waals surface area contributed by atoms with Gasteiger partial charge in [-0.2, -0.15) is 5.10 Å².